The quantitative estimate of drug-likeness (QED) is 0.504. The van der Waals surface area contributed by atoms with E-state index in [4.69, 9.17) is 4.74 Å². The molecule has 2 N–H and O–H groups in total. The van der Waals surface area contributed by atoms with E-state index >= 15 is 0 Å². The molecule has 0 radical (unpaired) electrons. The lowest BCUT2D eigenvalue weighted by molar-refractivity contribution is -0.0498. The highest BCUT2D eigenvalue weighted by Gasteiger charge is 2.38. The number of anilines is 3. The summed E-state index contributed by atoms with van der Waals surface area (Å²) in [6.45, 7) is -0.119. The van der Waals surface area contributed by atoms with Crippen molar-refractivity contribution in [3.8, 4) is 16.9 Å². The Kier molecular flexibility index (Phi) is 6.55. The Balaban J connectivity index is 1.42. The number of aromatic nitrogens is 4. The Morgan fingerprint density at radius 2 is 1.89 bits per heavy atom. The lowest BCUT2D eigenvalue weighted by Gasteiger charge is -2.18. The first-order valence-corrected chi connectivity index (χ1v) is 11.2. The van der Waals surface area contributed by atoms with E-state index in [1.807, 2.05) is 4.90 Å². The molecule has 2 fully saturated rings. The minimum Gasteiger partial charge on any atom is -0.435 e. The summed E-state index contributed by atoms with van der Waals surface area (Å²) in [4.78, 5) is 22.8. The zero-order valence-corrected chi connectivity index (χ0v) is 19.1. The van der Waals surface area contributed by atoms with Gasteiger partial charge in [-0.25, -0.2) is 9.37 Å². The number of nitrogens with one attached hydrogen (secondary N) is 2. The number of halogens is 3. The number of nitrogens with zero attached hydrogens (tertiary/aromatic N) is 5. The van der Waals surface area contributed by atoms with Crippen LogP contribution in [0.3, 0.4) is 0 Å². The van der Waals surface area contributed by atoms with Crippen molar-refractivity contribution in [2.75, 3.05) is 43.6 Å². The Bertz CT molecular complexity index is 1250. The Hall–Kier alpha value is -4.00. The summed E-state index contributed by atoms with van der Waals surface area (Å²) in [7, 11) is 1.44. The lowest BCUT2D eigenvalue weighted by Crippen LogP contribution is -2.24. The van der Waals surface area contributed by atoms with E-state index in [1.54, 1.807) is 0 Å². The minimum absolute atomic E-state index is 0.000234. The van der Waals surface area contributed by atoms with Crippen molar-refractivity contribution < 1.29 is 27.4 Å². The van der Waals surface area contributed by atoms with E-state index in [-0.39, 0.29) is 23.1 Å². The predicted molar refractivity (Wildman–Crippen MR) is 123 cm³/mol. The van der Waals surface area contributed by atoms with Crippen LogP contribution in [0.2, 0.25) is 0 Å². The highest BCUT2D eigenvalue weighted by Crippen LogP contribution is 2.32. The molecule has 2 saturated heterocycles. The SMILES string of the molecule is CNC(=O)c1nnc(Nc2nc(N3CC4COCC4C3)ncc2F)cc1-c1ccc(OC(F)F)cc1. The first kappa shape index (κ1) is 23.7. The average Bonchev–Trinajstić information content (AvgIpc) is 3.48. The van der Waals surface area contributed by atoms with Crippen LogP contribution in [0.4, 0.5) is 30.8 Å². The van der Waals surface area contributed by atoms with Crippen LogP contribution in [0.1, 0.15) is 10.5 Å². The molecule has 10 nitrogen and oxygen atoms in total. The molecule has 2 unspecified atom stereocenters. The topological polar surface area (TPSA) is 114 Å². The van der Waals surface area contributed by atoms with E-state index in [9.17, 15) is 18.0 Å². The van der Waals surface area contributed by atoms with Gasteiger partial charge in [-0.3, -0.25) is 4.79 Å². The van der Waals surface area contributed by atoms with Gasteiger partial charge in [0.25, 0.3) is 5.91 Å². The van der Waals surface area contributed by atoms with Crippen molar-refractivity contribution in [1.29, 1.82) is 0 Å². The number of hydrogen-bond donors (Lipinski definition) is 2. The van der Waals surface area contributed by atoms with E-state index in [0.29, 0.717) is 42.1 Å². The maximum atomic E-state index is 14.6. The number of fused-ring (bicyclic) bond motifs is 1. The van der Waals surface area contributed by atoms with E-state index in [0.717, 1.165) is 19.3 Å². The molecule has 3 aromatic rings. The molecular formula is C23H22F3N7O3. The molecule has 188 valence electrons. The van der Waals surface area contributed by atoms with Gasteiger partial charge >= 0.3 is 6.61 Å². The molecule has 0 bridgehead atoms. The summed E-state index contributed by atoms with van der Waals surface area (Å²) in [6.07, 6.45) is 1.09. The summed E-state index contributed by atoms with van der Waals surface area (Å²) in [5.74, 6) is -0.00852. The number of hydrogen-bond acceptors (Lipinski definition) is 9. The van der Waals surface area contributed by atoms with E-state index in [1.165, 1.54) is 37.4 Å². The number of rotatable bonds is 7. The fraction of sp³-hybridized carbons (Fsp3) is 0.348. The van der Waals surface area contributed by atoms with Gasteiger partial charge in [0.1, 0.15) is 5.75 Å². The highest BCUT2D eigenvalue weighted by atomic mass is 19.3. The minimum atomic E-state index is -2.96. The van der Waals surface area contributed by atoms with Crippen LogP contribution < -0.4 is 20.3 Å². The largest absolute Gasteiger partial charge is 0.435 e. The first-order chi connectivity index (χ1) is 17.4. The van der Waals surface area contributed by atoms with Crippen LogP contribution in [0, 0.1) is 17.7 Å². The molecule has 2 aliphatic rings. The molecule has 13 heteroatoms. The maximum Gasteiger partial charge on any atom is 0.387 e. The molecule has 0 aliphatic carbocycles. The molecule has 2 aliphatic heterocycles. The Morgan fingerprint density at radius 3 is 2.56 bits per heavy atom. The monoisotopic (exact) mass is 501 g/mol. The summed E-state index contributed by atoms with van der Waals surface area (Å²) in [5, 5.41) is 13.3. The number of carbonyl (C=O) groups excluding carboxylic acids is 1. The summed E-state index contributed by atoms with van der Waals surface area (Å²) in [6, 6.07) is 7.19. The van der Waals surface area contributed by atoms with Crippen molar-refractivity contribution in [2.24, 2.45) is 11.8 Å². The first-order valence-electron chi connectivity index (χ1n) is 11.2. The summed E-state index contributed by atoms with van der Waals surface area (Å²) < 4.78 is 49.4. The van der Waals surface area contributed by atoms with E-state index in [2.05, 4.69) is 35.5 Å². The van der Waals surface area contributed by atoms with Gasteiger partial charge in [0.15, 0.2) is 23.1 Å². The van der Waals surface area contributed by atoms with Gasteiger partial charge in [0.2, 0.25) is 5.95 Å². The third kappa shape index (κ3) is 4.87. The van der Waals surface area contributed by atoms with Gasteiger partial charge in [-0.1, -0.05) is 12.1 Å². The standard InChI is InChI=1S/C23H22F3N7O3/c1-27-21(34)19-16(12-2-4-15(5-3-12)36-22(25)26)6-18(31-32-19)29-20-17(24)7-28-23(30-20)33-8-13-10-35-11-14(13)9-33/h2-7,13-14,22H,8-11H2,1H3,(H,27,34)(H,28,29,30,31). The van der Waals surface area contributed by atoms with Gasteiger partial charge in [0, 0.05) is 37.5 Å². The second-order valence-corrected chi connectivity index (χ2v) is 8.43. The van der Waals surface area contributed by atoms with Crippen LogP contribution in [0.5, 0.6) is 5.75 Å². The molecule has 5 rings (SSSR count). The van der Waals surface area contributed by atoms with Gasteiger partial charge < -0.3 is 25.0 Å². The van der Waals surface area contributed by atoms with Gasteiger partial charge in [-0.05, 0) is 23.8 Å². The zero-order valence-electron chi connectivity index (χ0n) is 19.1. The number of alkyl halides is 2. The van der Waals surface area contributed by atoms with Crippen molar-refractivity contribution in [3.63, 3.8) is 0 Å². The average molecular weight is 501 g/mol. The molecule has 0 saturated carbocycles. The van der Waals surface area contributed by atoms with Crippen molar-refractivity contribution in [3.05, 3.63) is 48.0 Å². The van der Waals surface area contributed by atoms with Crippen LogP contribution in [0.25, 0.3) is 11.1 Å². The fourth-order valence-corrected chi connectivity index (χ4v) is 4.34. The maximum absolute atomic E-state index is 14.6. The smallest absolute Gasteiger partial charge is 0.387 e. The van der Waals surface area contributed by atoms with Gasteiger partial charge in [-0.15, -0.1) is 10.2 Å². The zero-order chi connectivity index (χ0) is 25.2. The number of carbonyl (C=O) groups is 1. The number of amides is 1. The summed E-state index contributed by atoms with van der Waals surface area (Å²) >= 11 is 0. The highest BCUT2D eigenvalue weighted by molar-refractivity contribution is 5.99. The molecule has 36 heavy (non-hydrogen) atoms. The molecule has 1 aromatic carbocycles. The van der Waals surface area contributed by atoms with Crippen LogP contribution in [-0.4, -0.2) is 66.0 Å². The predicted octanol–water partition coefficient (Wildman–Crippen LogP) is 2.86. The van der Waals surface area contributed by atoms with Gasteiger partial charge in [-0.2, -0.15) is 13.8 Å². The molecule has 2 atom stereocenters. The van der Waals surface area contributed by atoms with Crippen molar-refractivity contribution >= 4 is 23.5 Å². The second kappa shape index (κ2) is 9.93. The third-order valence-electron chi connectivity index (χ3n) is 6.13. The molecule has 2 aromatic heterocycles. The lowest BCUT2D eigenvalue weighted by atomic mass is 10.0. The molecular weight excluding hydrogens is 479 g/mol. The second-order valence-electron chi connectivity index (χ2n) is 8.43. The van der Waals surface area contributed by atoms with Crippen LogP contribution in [-0.2, 0) is 4.74 Å². The van der Waals surface area contributed by atoms with E-state index < -0.39 is 18.3 Å². The van der Waals surface area contributed by atoms with Crippen LogP contribution >= 0.6 is 0 Å². The number of benzene rings is 1. The van der Waals surface area contributed by atoms with Gasteiger partial charge in [0.05, 0.1) is 19.4 Å². The normalized spacial score (nSPS) is 18.9. The third-order valence-corrected chi connectivity index (χ3v) is 6.13. The molecule has 4 heterocycles. The van der Waals surface area contributed by atoms with Crippen LogP contribution in [0.15, 0.2) is 36.5 Å². The van der Waals surface area contributed by atoms with Crippen molar-refractivity contribution in [2.45, 2.75) is 6.61 Å². The van der Waals surface area contributed by atoms with Crippen molar-refractivity contribution in [1.82, 2.24) is 25.5 Å². The molecule has 1 amide bonds. The Morgan fingerprint density at radius 1 is 1.17 bits per heavy atom. The number of ether oxygens (including phenoxy) is 2. The fourth-order valence-electron chi connectivity index (χ4n) is 4.34. The Labute approximate surface area is 203 Å². The molecule has 0 spiro atoms. The summed E-state index contributed by atoms with van der Waals surface area (Å²) in [5.41, 5.74) is 0.834.